The van der Waals surface area contributed by atoms with Crippen molar-refractivity contribution in [3.8, 4) is 0 Å². The van der Waals surface area contributed by atoms with Crippen molar-refractivity contribution in [3.63, 3.8) is 0 Å². The van der Waals surface area contributed by atoms with Gasteiger partial charge >= 0.3 is 5.97 Å². The lowest BCUT2D eigenvalue weighted by Crippen LogP contribution is -2.24. The molecule has 0 aliphatic heterocycles. The summed E-state index contributed by atoms with van der Waals surface area (Å²) >= 11 is 0. The van der Waals surface area contributed by atoms with Crippen molar-refractivity contribution < 1.29 is 19.1 Å². The number of amides is 1. The summed E-state index contributed by atoms with van der Waals surface area (Å²) in [6.45, 7) is 6.40. The highest BCUT2D eigenvalue weighted by molar-refractivity contribution is 6.00. The number of carboxylic acid groups (broad SMARTS) is 1. The van der Waals surface area contributed by atoms with Crippen LogP contribution in [-0.2, 0) is 4.79 Å². The fourth-order valence-corrected chi connectivity index (χ4v) is 2.75. The van der Waals surface area contributed by atoms with Crippen LogP contribution in [0.15, 0.2) is 16.5 Å². The summed E-state index contributed by atoms with van der Waals surface area (Å²) in [6.07, 6.45) is 2.35. The van der Waals surface area contributed by atoms with Gasteiger partial charge in [0.1, 0.15) is 5.58 Å². The average Bonchev–Trinajstić information content (AvgIpc) is 2.85. The summed E-state index contributed by atoms with van der Waals surface area (Å²) in [5, 5.41) is 12.4. The average molecular weight is 317 g/mol. The monoisotopic (exact) mass is 317 g/mol. The van der Waals surface area contributed by atoms with Crippen LogP contribution >= 0.6 is 0 Å². The summed E-state index contributed by atoms with van der Waals surface area (Å²) in [5.74, 6) is -0.628. The molecule has 0 atom stereocenters. The Labute approximate surface area is 135 Å². The van der Waals surface area contributed by atoms with Gasteiger partial charge in [-0.1, -0.05) is 18.6 Å². The van der Waals surface area contributed by atoms with E-state index in [0.29, 0.717) is 18.7 Å². The molecule has 1 aromatic carbocycles. The minimum atomic E-state index is -0.780. The Morgan fingerprint density at radius 3 is 2.43 bits per heavy atom. The zero-order chi connectivity index (χ0) is 17.0. The highest BCUT2D eigenvalue weighted by Gasteiger charge is 2.19. The first-order valence-corrected chi connectivity index (χ1v) is 7.91. The molecule has 2 aromatic rings. The van der Waals surface area contributed by atoms with Crippen molar-refractivity contribution in [3.05, 3.63) is 34.6 Å². The van der Waals surface area contributed by atoms with E-state index in [-0.39, 0.29) is 12.3 Å². The zero-order valence-electron chi connectivity index (χ0n) is 13.9. The molecule has 5 heteroatoms. The molecule has 0 saturated heterocycles. The Bertz CT molecular complexity index is 730. The second kappa shape index (κ2) is 7.31. The Hall–Kier alpha value is -2.30. The van der Waals surface area contributed by atoms with Crippen molar-refractivity contribution in [2.24, 2.45) is 0 Å². The molecule has 2 rings (SSSR count). The van der Waals surface area contributed by atoms with Gasteiger partial charge in [-0.3, -0.25) is 9.59 Å². The number of rotatable bonds is 7. The molecule has 0 spiro atoms. The number of carbonyl (C=O) groups excluding carboxylic acids is 1. The van der Waals surface area contributed by atoms with Gasteiger partial charge in [0.25, 0.3) is 5.91 Å². The largest absolute Gasteiger partial charge is 0.481 e. The van der Waals surface area contributed by atoms with Crippen LogP contribution in [-0.4, -0.2) is 23.5 Å². The molecular formula is C18H23NO4. The molecule has 0 bridgehead atoms. The van der Waals surface area contributed by atoms with Gasteiger partial charge < -0.3 is 14.8 Å². The minimum Gasteiger partial charge on any atom is -0.481 e. The van der Waals surface area contributed by atoms with Gasteiger partial charge in [0.05, 0.1) is 0 Å². The van der Waals surface area contributed by atoms with Gasteiger partial charge in [0, 0.05) is 23.9 Å². The number of carbonyl (C=O) groups is 2. The molecule has 0 radical (unpaired) electrons. The van der Waals surface area contributed by atoms with Crippen LogP contribution in [0.1, 0.15) is 52.9 Å². The molecule has 0 aliphatic carbocycles. The SMILES string of the molecule is Cc1ccc(C)c2c(C)c(C(=O)NCCCCCC(=O)O)oc12. The maximum atomic E-state index is 12.3. The second-order valence-corrected chi connectivity index (χ2v) is 5.92. The van der Waals surface area contributed by atoms with E-state index < -0.39 is 5.97 Å². The molecule has 0 fully saturated rings. The van der Waals surface area contributed by atoms with Gasteiger partial charge in [0.2, 0.25) is 0 Å². The maximum Gasteiger partial charge on any atom is 0.303 e. The third-order valence-electron chi connectivity index (χ3n) is 4.04. The lowest BCUT2D eigenvalue weighted by atomic mass is 10.0. The summed E-state index contributed by atoms with van der Waals surface area (Å²) in [4.78, 5) is 22.7. The topological polar surface area (TPSA) is 79.5 Å². The molecule has 0 aliphatic rings. The predicted molar refractivity (Wildman–Crippen MR) is 88.9 cm³/mol. The highest BCUT2D eigenvalue weighted by Crippen LogP contribution is 2.30. The van der Waals surface area contributed by atoms with Crippen LogP contribution < -0.4 is 5.32 Å². The number of hydrogen-bond acceptors (Lipinski definition) is 3. The number of aryl methyl sites for hydroxylation is 3. The Morgan fingerprint density at radius 2 is 1.78 bits per heavy atom. The molecule has 23 heavy (non-hydrogen) atoms. The normalized spacial score (nSPS) is 10.9. The first kappa shape index (κ1) is 17.1. The van der Waals surface area contributed by atoms with Crippen LogP contribution in [0.2, 0.25) is 0 Å². The third kappa shape index (κ3) is 3.92. The number of aliphatic carboxylic acids is 1. The first-order chi connectivity index (χ1) is 10.9. The maximum absolute atomic E-state index is 12.3. The fourth-order valence-electron chi connectivity index (χ4n) is 2.75. The Balaban J connectivity index is 1.99. The van der Waals surface area contributed by atoms with E-state index in [9.17, 15) is 9.59 Å². The minimum absolute atomic E-state index is 0.176. The van der Waals surface area contributed by atoms with E-state index >= 15 is 0 Å². The molecular weight excluding hydrogens is 294 g/mol. The van der Waals surface area contributed by atoms with E-state index in [1.54, 1.807) is 0 Å². The smallest absolute Gasteiger partial charge is 0.303 e. The molecule has 124 valence electrons. The van der Waals surface area contributed by atoms with Crippen LogP contribution in [0.3, 0.4) is 0 Å². The number of hydrogen-bond donors (Lipinski definition) is 2. The molecule has 5 nitrogen and oxygen atoms in total. The van der Waals surface area contributed by atoms with Gasteiger partial charge in [-0.25, -0.2) is 0 Å². The number of nitrogens with one attached hydrogen (secondary N) is 1. The lowest BCUT2D eigenvalue weighted by Gasteiger charge is -2.03. The van der Waals surface area contributed by atoms with Crippen molar-refractivity contribution in [2.45, 2.75) is 46.5 Å². The van der Waals surface area contributed by atoms with E-state index in [1.807, 2.05) is 32.9 Å². The number of fused-ring (bicyclic) bond motifs is 1. The second-order valence-electron chi connectivity index (χ2n) is 5.92. The lowest BCUT2D eigenvalue weighted by molar-refractivity contribution is -0.137. The Kier molecular flexibility index (Phi) is 5.42. The van der Waals surface area contributed by atoms with Crippen molar-refractivity contribution in [2.75, 3.05) is 6.54 Å². The highest BCUT2D eigenvalue weighted by atomic mass is 16.4. The number of furan rings is 1. The first-order valence-electron chi connectivity index (χ1n) is 7.91. The Morgan fingerprint density at radius 1 is 1.09 bits per heavy atom. The molecule has 0 unspecified atom stereocenters. The zero-order valence-corrected chi connectivity index (χ0v) is 13.9. The predicted octanol–water partition coefficient (Wildman–Crippen LogP) is 3.73. The van der Waals surface area contributed by atoms with E-state index in [1.165, 1.54) is 0 Å². The van der Waals surface area contributed by atoms with Crippen molar-refractivity contribution in [1.29, 1.82) is 0 Å². The van der Waals surface area contributed by atoms with E-state index in [2.05, 4.69) is 5.32 Å². The summed E-state index contributed by atoms with van der Waals surface area (Å²) in [7, 11) is 0. The standard InChI is InChI=1S/C18H23NO4/c1-11-8-9-12(2)16-15(11)13(3)17(23-16)18(22)19-10-6-4-5-7-14(20)21/h8-9H,4-7,10H2,1-3H3,(H,19,22)(H,20,21). The van der Waals surface area contributed by atoms with Crippen LogP contribution in [0, 0.1) is 20.8 Å². The summed E-state index contributed by atoms with van der Waals surface area (Å²) < 4.78 is 5.79. The third-order valence-corrected chi connectivity index (χ3v) is 4.04. The van der Waals surface area contributed by atoms with Gasteiger partial charge in [-0.15, -0.1) is 0 Å². The number of benzene rings is 1. The van der Waals surface area contributed by atoms with Crippen LogP contribution in [0.4, 0.5) is 0 Å². The van der Waals surface area contributed by atoms with Crippen molar-refractivity contribution in [1.82, 2.24) is 5.32 Å². The van der Waals surface area contributed by atoms with E-state index in [4.69, 9.17) is 9.52 Å². The molecule has 2 N–H and O–H groups in total. The fraction of sp³-hybridized carbons (Fsp3) is 0.444. The molecule has 1 heterocycles. The van der Waals surface area contributed by atoms with Gasteiger partial charge in [0.15, 0.2) is 5.76 Å². The molecule has 0 saturated carbocycles. The van der Waals surface area contributed by atoms with Crippen LogP contribution in [0.25, 0.3) is 11.0 Å². The van der Waals surface area contributed by atoms with Crippen molar-refractivity contribution >= 4 is 22.8 Å². The summed E-state index contributed by atoms with van der Waals surface area (Å²) in [5.41, 5.74) is 3.75. The quantitative estimate of drug-likeness (QED) is 0.763. The van der Waals surface area contributed by atoms with Crippen LogP contribution in [0.5, 0.6) is 0 Å². The van der Waals surface area contributed by atoms with Gasteiger partial charge in [-0.05, 0) is 44.7 Å². The number of carboxylic acids is 1. The molecule has 1 aromatic heterocycles. The van der Waals surface area contributed by atoms with E-state index in [0.717, 1.165) is 40.5 Å². The summed E-state index contributed by atoms with van der Waals surface area (Å²) in [6, 6.07) is 4.02. The number of unbranched alkanes of at least 4 members (excludes halogenated alkanes) is 2. The molecule has 1 amide bonds. The van der Waals surface area contributed by atoms with Gasteiger partial charge in [-0.2, -0.15) is 0 Å².